The van der Waals surface area contributed by atoms with Crippen molar-refractivity contribution in [2.75, 3.05) is 0 Å². The van der Waals surface area contributed by atoms with Gasteiger partial charge in [-0.15, -0.1) is 0 Å². The Morgan fingerprint density at radius 2 is 1.18 bits per heavy atom. The second kappa shape index (κ2) is 18.3. The summed E-state index contributed by atoms with van der Waals surface area (Å²) in [7, 11) is 0. The zero-order valence-electron chi connectivity index (χ0n) is 38.4. The summed E-state index contributed by atoms with van der Waals surface area (Å²) >= 11 is 0. The Bertz CT molecular complexity index is 3230. The van der Waals surface area contributed by atoms with E-state index in [-0.39, 0.29) is 5.41 Å². The summed E-state index contributed by atoms with van der Waals surface area (Å²) in [5.74, 6) is 0. The molecule has 0 bridgehead atoms. The predicted molar refractivity (Wildman–Crippen MR) is 283 cm³/mol. The first-order chi connectivity index (χ1) is 31.8. The number of aromatic nitrogens is 1. The van der Waals surface area contributed by atoms with E-state index in [1.54, 1.807) is 6.08 Å². The summed E-state index contributed by atoms with van der Waals surface area (Å²) < 4.78 is 2.46. The van der Waals surface area contributed by atoms with Gasteiger partial charge in [-0.2, -0.15) is 0 Å². The first-order valence-electron chi connectivity index (χ1n) is 22.9. The van der Waals surface area contributed by atoms with Gasteiger partial charge in [0.15, 0.2) is 0 Å². The fraction of sp³-hybridized carbons (Fsp3) is 0.125. The number of fused-ring (bicyclic) bond motifs is 13. The molecule has 0 fully saturated rings. The van der Waals surface area contributed by atoms with Crippen molar-refractivity contribution in [1.82, 2.24) is 4.57 Å². The average molecular weight is 840 g/mol. The van der Waals surface area contributed by atoms with Crippen LogP contribution in [-0.2, 0) is 5.41 Å². The Hall–Kier alpha value is -7.48. The van der Waals surface area contributed by atoms with Gasteiger partial charge in [0.1, 0.15) is 0 Å². The molecule has 0 saturated heterocycles. The molecule has 0 aliphatic heterocycles. The quantitative estimate of drug-likeness (QED) is 0.147. The van der Waals surface area contributed by atoms with Gasteiger partial charge in [-0.05, 0) is 121 Å². The Kier molecular flexibility index (Phi) is 12.1. The van der Waals surface area contributed by atoms with Gasteiger partial charge in [0.2, 0.25) is 0 Å². The zero-order chi connectivity index (χ0) is 45.1. The summed E-state index contributed by atoms with van der Waals surface area (Å²) in [4.78, 5) is 0. The number of nitrogens with zero attached hydrogens (tertiary/aromatic N) is 1. The molecule has 11 rings (SSSR count). The molecule has 0 atom stereocenters. The number of benzene rings is 7. The second-order valence-corrected chi connectivity index (χ2v) is 17.3. The summed E-state index contributed by atoms with van der Waals surface area (Å²) in [6.45, 7) is 18.2. The van der Waals surface area contributed by atoms with Crippen molar-refractivity contribution in [2.45, 2.75) is 52.9 Å². The third kappa shape index (κ3) is 7.51. The highest BCUT2D eigenvalue weighted by Crippen LogP contribution is 2.62. The lowest BCUT2D eigenvalue weighted by atomic mass is 9.70. The van der Waals surface area contributed by atoms with E-state index in [0.717, 1.165) is 12.8 Å². The first-order valence-corrected chi connectivity index (χ1v) is 22.9. The van der Waals surface area contributed by atoms with E-state index in [0.29, 0.717) is 0 Å². The molecule has 1 heteroatoms. The molecular formula is C64H57N. The lowest BCUT2D eigenvalue weighted by molar-refractivity contribution is 0.793. The smallest absolute Gasteiger partial charge is 0.0725 e. The minimum absolute atomic E-state index is 0.188. The monoisotopic (exact) mass is 839 g/mol. The number of hydrogen-bond acceptors (Lipinski definition) is 0. The third-order valence-electron chi connectivity index (χ3n) is 13.3. The van der Waals surface area contributed by atoms with E-state index in [2.05, 4.69) is 214 Å². The fourth-order valence-corrected chi connectivity index (χ4v) is 10.5. The molecule has 7 aromatic carbocycles. The molecule has 318 valence electrons. The molecule has 1 spiro atoms. The maximum atomic E-state index is 4.14. The van der Waals surface area contributed by atoms with Crippen molar-refractivity contribution in [3.05, 3.63) is 263 Å². The van der Waals surface area contributed by atoms with Crippen molar-refractivity contribution >= 4 is 45.1 Å². The number of allylic oxidation sites excluding steroid dienone is 10. The average Bonchev–Trinajstić information content (AvgIpc) is 3.94. The molecule has 0 N–H and O–H groups in total. The van der Waals surface area contributed by atoms with E-state index >= 15 is 0 Å². The molecule has 0 unspecified atom stereocenters. The minimum atomic E-state index is -0.188. The van der Waals surface area contributed by atoms with E-state index in [1.807, 2.05) is 38.2 Å². The third-order valence-corrected chi connectivity index (χ3v) is 13.3. The van der Waals surface area contributed by atoms with Crippen LogP contribution in [0.5, 0.6) is 0 Å². The van der Waals surface area contributed by atoms with Crippen molar-refractivity contribution < 1.29 is 0 Å². The Balaban J connectivity index is 0.000000142. The summed E-state index contributed by atoms with van der Waals surface area (Å²) in [6.07, 6.45) is 20.8. The molecule has 65 heavy (non-hydrogen) atoms. The molecule has 0 saturated carbocycles. The second-order valence-electron chi connectivity index (χ2n) is 17.3. The molecule has 3 aliphatic rings. The van der Waals surface area contributed by atoms with E-state index in [1.165, 1.54) is 111 Å². The highest BCUT2D eigenvalue weighted by molar-refractivity contribution is 6.11. The number of rotatable bonds is 6. The topological polar surface area (TPSA) is 4.93 Å². The van der Waals surface area contributed by atoms with Gasteiger partial charge in [0.05, 0.1) is 16.6 Å². The Morgan fingerprint density at radius 3 is 1.78 bits per heavy atom. The van der Waals surface area contributed by atoms with Gasteiger partial charge < -0.3 is 4.57 Å². The molecule has 1 heterocycles. The SMILES string of the molecule is C=C/C=C(C)\C=C/C.C=Cc1c(/C=C\C)n(C2=CC=C(c3ccc(C)cc3)CC2)c2c1ccc1ccccc12.Cc1ccc2c(c1)-c1ccccc1C21c2ccccc2-c2ccccc21. The molecule has 1 aromatic heterocycles. The van der Waals surface area contributed by atoms with Crippen LogP contribution in [-0.4, -0.2) is 4.57 Å². The van der Waals surface area contributed by atoms with Crippen molar-refractivity contribution in [2.24, 2.45) is 0 Å². The van der Waals surface area contributed by atoms with Crippen LogP contribution in [0.25, 0.3) is 67.4 Å². The number of hydrogen-bond donors (Lipinski definition) is 0. The molecule has 0 radical (unpaired) electrons. The van der Waals surface area contributed by atoms with Crippen LogP contribution in [0, 0.1) is 13.8 Å². The standard InChI is InChI=1S/C30H27N.C26H18.C8H12/c1-4-8-29-26(5-2)28-20-17-24-9-6-7-10-27(24)30(28)31(29)25-18-15-23(16-19-25)22-13-11-21(3)12-14-22;1-17-14-15-25-21(16-17)20-10-4-7-13-24(20)26(25)22-11-5-2-8-18(22)19-9-3-6-12-23(19)26;1-4-6-8(3)7-5-2/h4-15,17-18,20H,2,16,19H2,1,3H3;2-16H,1H3;4-7H,1H2,2-3H3/b8-4-;;7-5-,8-6-. The largest absolute Gasteiger partial charge is 0.312 e. The molecule has 3 aliphatic carbocycles. The van der Waals surface area contributed by atoms with E-state index in [9.17, 15) is 0 Å². The van der Waals surface area contributed by atoms with Crippen LogP contribution in [0.4, 0.5) is 0 Å². The van der Waals surface area contributed by atoms with Gasteiger partial charge in [-0.25, -0.2) is 0 Å². The van der Waals surface area contributed by atoms with E-state index in [4.69, 9.17) is 0 Å². The number of aryl methyl sites for hydroxylation is 2. The lowest BCUT2D eigenvalue weighted by Crippen LogP contribution is -2.25. The summed E-state index contributed by atoms with van der Waals surface area (Å²) in [6, 6.07) is 55.8. The van der Waals surface area contributed by atoms with Gasteiger partial charge in [0.25, 0.3) is 0 Å². The molecule has 8 aromatic rings. The van der Waals surface area contributed by atoms with Gasteiger partial charge in [-0.1, -0.05) is 224 Å². The Labute approximate surface area is 386 Å². The fourth-order valence-electron chi connectivity index (χ4n) is 10.5. The van der Waals surface area contributed by atoms with Crippen LogP contribution < -0.4 is 0 Å². The zero-order valence-corrected chi connectivity index (χ0v) is 38.4. The van der Waals surface area contributed by atoms with Gasteiger partial charge in [-0.3, -0.25) is 0 Å². The van der Waals surface area contributed by atoms with Crippen molar-refractivity contribution in [3.63, 3.8) is 0 Å². The summed E-state index contributed by atoms with van der Waals surface area (Å²) in [5.41, 5.74) is 22.6. The highest BCUT2D eigenvalue weighted by atomic mass is 15.0. The molecular weight excluding hydrogens is 783 g/mol. The first kappa shape index (κ1) is 42.8. The maximum absolute atomic E-state index is 4.14. The maximum Gasteiger partial charge on any atom is 0.0725 e. The van der Waals surface area contributed by atoms with Crippen LogP contribution in [0.1, 0.15) is 83.8 Å². The lowest BCUT2D eigenvalue weighted by Gasteiger charge is -2.30. The summed E-state index contributed by atoms with van der Waals surface area (Å²) in [5, 5.41) is 3.81. The van der Waals surface area contributed by atoms with Crippen molar-refractivity contribution in [1.29, 1.82) is 0 Å². The normalized spacial score (nSPS) is 14.2. The van der Waals surface area contributed by atoms with E-state index < -0.39 is 0 Å². The van der Waals surface area contributed by atoms with Crippen molar-refractivity contribution in [3.8, 4) is 22.3 Å². The Morgan fingerprint density at radius 1 is 0.585 bits per heavy atom. The predicted octanol–water partition coefficient (Wildman–Crippen LogP) is 17.5. The molecule has 1 nitrogen and oxygen atoms in total. The highest BCUT2D eigenvalue weighted by Gasteiger charge is 2.51. The van der Waals surface area contributed by atoms with Crippen LogP contribution in [0.3, 0.4) is 0 Å². The molecule has 0 amide bonds. The van der Waals surface area contributed by atoms with Crippen LogP contribution in [0.15, 0.2) is 213 Å². The van der Waals surface area contributed by atoms with Crippen LogP contribution >= 0.6 is 0 Å². The van der Waals surface area contributed by atoms with Gasteiger partial charge >= 0.3 is 0 Å². The van der Waals surface area contributed by atoms with Crippen LogP contribution in [0.2, 0.25) is 0 Å². The minimum Gasteiger partial charge on any atom is -0.312 e. The van der Waals surface area contributed by atoms with Gasteiger partial charge in [0, 0.05) is 22.0 Å².